The molecule has 1 amide bonds. The highest BCUT2D eigenvalue weighted by molar-refractivity contribution is 6.31. The third kappa shape index (κ3) is 3.37. The standard InChI is InChI=1S/C16H13ClN2O/c1-11-14(17)3-2-4-15(11)19-16(20)9-12-5-7-13(10-18)8-6-12/h2-8H,9H2,1H3,(H,19,20). The van der Waals surface area contributed by atoms with Gasteiger partial charge in [0.1, 0.15) is 0 Å². The lowest BCUT2D eigenvalue weighted by molar-refractivity contribution is -0.115. The highest BCUT2D eigenvalue weighted by atomic mass is 35.5. The molecular weight excluding hydrogens is 272 g/mol. The van der Waals surface area contributed by atoms with Crippen molar-refractivity contribution in [1.82, 2.24) is 0 Å². The number of nitriles is 1. The van der Waals surface area contributed by atoms with Gasteiger partial charge in [-0.15, -0.1) is 0 Å². The van der Waals surface area contributed by atoms with Gasteiger partial charge in [0.25, 0.3) is 0 Å². The van der Waals surface area contributed by atoms with Gasteiger partial charge >= 0.3 is 0 Å². The second-order valence-corrected chi connectivity index (χ2v) is 4.85. The normalized spacial score (nSPS) is 9.85. The number of anilines is 1. The van der Waals surface area contributed by atoms with Gasteiger partial charge in [-0.3, -0.25) is 4.79 Å². The first-order valence-corrected chi connectivity index (χ1v) is 6.52. The quantitative estimate of drug-likeness (QED) is 0.934. The van der Waals surface area contributed by atoms with Gasteiger partial charge in [0.15, 0.2) is 0 Å². The van der Waals surface area contributed by atoms with E-state index in [4.69, 9.17) is 16.9 Å². The van der Waals surface area contributed by atoms with Crippen LogP contribution in [0, 0.1) is 18.3 Å². The van der Waals surface area contributed by atoms with Crippen LogP contribution in [-0.4, -0.2) is 5.91 Å². The zero-order chi connectivity index (χ0) is 14.5. The molecule has 100 valence electrons. The highest BCUT2D eigenvalue weighted by Gasteiger charge is 2.07. The predicted molar refractivity (Wildman–Crippen MR) is 79.7 cm³/mol. The zero-order valence-corrected chi connectivity index (χ0v) is 11.7. The van der Waals surface area contributed by atoms with E-state index in [9.17, 15) is 4.79 Å². The number of carbonyl (C=O) groups is 1. The fraction of sp³-hybridized carbons (Fsp3) is 0.125. The van der Waals surface area contributed by atoms with Crippen LogP contribution in [0.1, 0.15) is 16.7 Å². The number of benzene rings is 2. The Hall–Kier alpha value is -2.31. The molecule has 4 heteroatoms. The van der Waals surface area contributed by atoms with Crippen LogP contribution < -0.4 is 5.32 Å². The first-order chi connectivity index (χ1) is 9.60. The topological polar surface area (TPSA) is 52.9 Å². The number of hydrogen-bond donors (Lipinski definition) is 1. The third-order valence-corrected chi connectivity index (χ3v) is 3.40. The summed E-state index contributed by atoms with van der Waals surface area (Å²) in [6.45, 7) is 1.86. The molecule has 2 rings (SSSR count). The van der Waals surface area contributed by atoms with E-state index in [0.29, 0.717) is 10.6 Å². The summed E-state index contributed by atoms with van der Waals surface area (Å²) in [6, 6.07) is 14.4. The molecule has 0 saturated heterocycles. The minimum Gasteiger partial charge on any atom is -0.326 e. The number of halogens is 1. The van der Waals surface area contributed by atoms with Gasteiger partial charge in [-0.05, 0) is 42.3 Å². The highest BCUT2D eigenvalue weighted by Crippen LogP contribution is 2.23. The Morgan fingerprint density at radius 3 is 2.60 bits per heavy atom. The smallest absolute Gasteiger partial charge is 0.228 e. The lowest BCUT2D eigenvalue weighted by atomic mass is 10.1. The maximum absolute atomic E-state index is 12.0. The van der Waals surface area contributed by atoms with Crippen LogP contribution in [0.4, 0.5) is 5.69 Å². The summed E-state index contributed by atoms with van der Waals surface area (Å²) in [7, 11) is 0. The molecule has 0 spiro atoms. The van der Waals surface area contributed by atoms with Gasteiger partial charge in [-0.2, -0.15) is 5.26 Å². The Labute approximate surface area is 122 Å². The SMILES string of the molecule is Cc1c(Cl)cccc1NC(=O)Cc1ccc(C#N)cc1. The zero-order valence-electron chi connectivity index (χ0n) is 11.0. The molecule has 0 unspecified atom stereocenters. The van der Waals surface area contributed by atoms with E-state index in [1.165, 1.54) is 0 Å². The number of nitrogens with one attached hydrogen (secondary N) is 1. The molecule has 0 atom stereocenters. The summed E-state index contributed by atoms with van der Waals surface area (Å²) in [5.41, 5.74) is 3.01. The van der Waals surface area contributed by atoms with Crippen LogP contribution in [-0.2, 0) is 11.2 Å². The minimum atomic E-state index is -0.111. The molecule has 0 aromatic heterocycles. The van der Waals surface area contributed by atoms with Crippen molar-refractivity contribution in [1.29, 1.82) is 5.26 Å². The van der Waals surface area contributed by atoms with Gasteiger partial charge in [0.2, 0.25) is 5.91 Å². The number of hydrogen-bond acceptors (Lipinski definition) is 2. The fourth-order valence-corrected chi connectivity index (χ4v) is 1.99. The molecule has 0 fully saturated rings. The lowest BCUT2D eigenvalue weighted by Gasteiger charge is -2.09. The number of rotatable bonds is 3. The van der Waals surface area contributed by atoms with E-state index in [0.717, 1.165) is 16.8 Å². The first-order valence-electron chi connectivity index (χ1n) is 6.14. The number of carbonyl (C=O) groups excluding carboxylic acids is 1. The van der Waals surface area contributed by atoms with Gasteiger partial charge in [0.05, 0.1) is 18.1 Å². The summed E-state index contributed by atoms with van der Waals surface area (Å²) < 4.78 is 0. The average Bonchev–Trinajstić information content (AvgIpc) is 2.45. The molecule has 2 aromatic rings. The maximum atomic E-state index is 12.0. The molecule has 2 aromatic carbocycles. The van der Waals surface area contributed by atoms with Crippen LogP contribution in [0.15, 0.2) is 42.5 Å². The second kappa shape index (κ2) is 6.23. The monoisotopic (exact) mass is 284 g/mol. The molecule has 0 aliphatic rings. The van der Waals surface area contributed by atoms with E-state index < -0.39 is 0 Å². The van der Waals surface area contributed by atoms with Gasteiger partial charge in [-0.25, -0.2) is 0 Å². The van der Waals surface area contributed by atoms with Crippen molar-refractivity contribution in [3.63, 3.8) is 0 Å². The number of nitrogens with zero attached hydrogens (tertiary/aromatic N) is 1. The lowest BCUT2D eigenvalue weighted by Crippen LogP contribution is -2.15. The number of amides is 1. The Morgan fingerprint density at radius 2 is 1.95 bits per heavy atom. The summed E-state index contributed by atoms with van der Waals surface area (Å²) in [5.74, 6) is -0.111. The molecule has 3 nitrogen and oxygen atoms in total. The Balaban J connectivity index is 2.05. The van der Waals surface area contributed by atoms with E-state index in [-0.39, 0.29) is 12.3 Å². The molecular formula is C16H13ClN2O. The van der Waals surface area contributed by atoms with Gasteiger partial charge < -0.3 is 5.32 Å². The van der Waals surface area contributed by atoms with Crippen LogP contribution in [0.3, 0.4) is 0 Å². The van der Waals surface area contributed by atoms with Gasteiger partial charge in [-0.1, -0.05) is 29.8 Å². The van der Waals surface area contributed by atoms with E-state index in [2.05, 4.69) is 5.32 Å². The van der Waals surface area contributed by atoms with Crippen molar-refractivity contribution in [3.8, 4) is 6.07 Å². The second-order valence-electron chi connectivity index (χ2n) is 4.45. The first kappa shape index (κ1) is 14.1. The molecule has 0 aliphatic carbocycles. The fourth-order valence-electron chi connectivity index (χ4n) is 1.82. The minimum absolute atomic E-state index is 0.111. The summed E-state index contributed by atoms with van der Waals surface area (Å²) in [6.07, 6.45) is 0.262. The molecule has 0 radical (unpaired) electrons. The Morgan fingerprint density at radius 1 is 1.25 bits per heavy atom. The molecule has 1 N–H and O–H groups in total. The van der Waals surface area contributed by atoms with Crippen molar-refractivity contribution in [2.75, 3.05) is 5.32 Å². The molecule has 0 bridgehead atoms. The Kier molecular flexibility index (Phi) is 4.39. The van der Waals surface area contributed by atoms with Crippen molar-refractivity contribution in [2.45, 2.75) is 13.3 Å². The van der Waals surface area contributed by atoms with Crippen molar-refractivity contribution < 1.29 is 4.79 Å². The van der Waals surface area contributed by atoms with Crippen molar-refractivity contribution >= 4 is 23.2 Å². The maximum Gasteiger partial charge on any atom is 0.228 e. The third-order valence-electron chi connectivity index (χ3n) is 2.99. The van der Waals surface area contributed by atoms with E-state index in [1.807, 2.05) is 19.1 Å². The molecule has 0 aliphatic heterocycles. The summed E-state index contributed by atoms with van der Waals surface area (Å²) in [5, 5.41) is 12.2. The van der Waals surface area contributed by atoms with Gasteiger partial charge in [0, 0.05) is 10.7 Å². The van der Waals surface area contributed by atoms with Crippen LogP contribution in [0.25, 0.3) is 0 Å². The van der Waals surface area contributed by atoms with Crippen LogP contribution >= 0.6 is 11.6 Å². The van der Waals surface area contributed by atoms with E-state index >= 15 is 0 Å². The molecule has 0 heterocycles. The van der Waals surface area contributed by atoms with E-state index in [1.54, 1.807) is 36.4 Å². The van der Waals surface area contributed by atoms with Crippen LogP contribution in [0.5, 0.6) is 0 Å². The van der Waals surface area contributed by atoms with Crippen molar-refractivity contribution in [2.24, 2.45) is 0 Å². The largest absolute Gasteiger partial charge is 0.326 e. The summed E-state index contributed by atoms with van der Waals surface area (Å²) >= 11 is 6.01. The predicted octanol–water partition coefficient (Wildman–Crippen LogP) is 3.70. The van der Waals surface area contributed by atoms with Crippen LogP contribution in [0.2, 0.25) is 5.02 Å². The van der Waals surface area contributed by atoms with Crippen molar-refractivity contribution in [3.05, 3.63) is 64.2 Å². The Bertz CT molecular complexity index is 672. The molecule has 20 heavy (non-hydrogen) atoms. The summed E-state index contributed by atoms with van der Waals surface area (Å²) in [4.78, 5) is 12.0. The molecule has 0 saturated carbocycles. The average molecular weight is 285 g/mol.